The second-order valence-electron chi connectivity index (χ2n) is 2.23. The lowest BCUT2D eigenvalue weighted by molar-refractivity contribution is 0.101. The van der Waals surface area contributed by atoms with Gasteiger partial charge in [0, 0.05) is 11.3 Å². The van der Waals surface area contributed by atoms with Gasteiger partial charge in [-0.15, -0.1) is 0 Å². The average molecular weight is 149 g/mol. The Balaban J connectivity index is 2.96. The number of nitrogen functional groups attached to an aromatic ring is 1. The third-order valence-electron chi connectivity index (χ3n) is 1.37. The highest BCUT2D eigenvalue weighted by Gasteiger charge is 1.98. The minimum atomic E-state index is -0.219. The van der Waals surface area contributed by atoms with E-state index in [0.717, 1.165) is 0 Å². The predicted octanol–water partition coefficient (Wildman–Crippen LogP) is 1.50. The summed E-state index contributed by atoms with van der Waals surface area (Å²) >= 11 is 0. The molecule has 0 amide bonds. The molecule has 0 aromatic heterocycles. The molecule has 1 aromatic rings. The summed E-state index contributed by atoms with van der Waals surface area (Å²) in [5, 5.41) is 0. The van der Waals surface area contributed by atoms with Crippen LogP contribution in [0.5, 0.6) is 0 Å². The van der Waals surface area contributed by atoms with Gasteiger partial charge in [0.2, 0.25) is 0 Å². The van der Waals surface area contributed by atoms with Gasteiger partial charge < -0.3 is 11.5 Å². The quantitative estimate of drug-likeness (QED) is 0.511. The first kappa shape index (κ1) is 7.75. The van der Waals surface area contributed by atoms with Gasteiger partial charge in [0.05, 0.1) is 0 Å². The fourth-order valence-electron chi connectivity index (χ4n) is 0.814. The molecule has 1 rings (SSSR count). The Bertz CT molecular complexity index is 271. The van der Waals surface area contributed by atoms with Crippen LogP contribution in [-0.2, 0) is 0 Å². The molecule has 0 fully saturated rings. The van der Waals surface area contributed by atoms with E-state index in [-0.39, 0.29) is 12.3 Å². The Morgan fingerprint density at radius 2 is 2.27 bits per heavy atom. The Kier molecular flexibility index (Phi) is 2.23. The zero-order valence-corrected chi connectivity index (χ0v) is 6.00. The number of nitrogens with one attached hydrogen (secondary N) is 1. The molecule has 1 aromatic carbocycles. The molecule has 0 saturated carbocycles. The number of nitrogens with two attached hydrogens (primary N) is 1. The van der Waals surface area contributed by atoms with Gasteiger partial charge in [-0.1, -0.05) is 18.7 Å². The van der Waals surface area contributed by atoms with Gasteiger partial charge in [0.1, 0.15) is 5.78 Å². The number of benzene rings is 1. The Morgan fingerprint density at radius 1 is 1.55 bits per heavy atom. The van der Waals surface area contributed by atoms with Gasteiger partial charge >= 0.3 is 0 Å². The van der Waals surface area contributed by atoms with Crippen LogP contribution >= 0.6 is 0 Å². The van der Waals surface area contributed by atoms with Gasteiger partial charge in [-0.05, 0) is 12.1 Å². The molecule has 0 atom stereocenters. The smallest absolute Gasteiger partial charge is 0.142 e. The number of ketones is 1. The molecule has 0 aliphatic heterocycles. The van der Waals surface area contributed by atoms with Crippen molar-refractivity contribution in [1.29, 1.82) is 0 Å². The second-order valence-corrected chi connectivity index (χ2v) is 2.23. The zero-order chi connectivity index (χ0) is 8.27. The van der Waals surface area contributed by atoms with E-state index in [1.807, 2.05) is 0 Å². The fourth-order valence-corrected chi connectivity index (χ4v) is 0.814. The number of hydrogen-bond acceptors (Lipinski definition) is 2. The highest BCUT2D eigenvalue weighted by molar-refractivity contribution is 5.98. The van der Waals surface area contributed by atoms with Crippen molar-refractivity contribution in [3.8, 4) is 0 Å². The molecule has 3 heteroatoms. The van der Waals surface area contributed by atoms with E-state index in [1.165, 1.54) is 0 Å². The van der Waals surface area contributed by atoms with E-state index in [9.17, 15) is 4.79 Å². The van der Waals surface area contributed by atoms with Crippen molar-refractivity contribution in [2.24, 2.45) is 0 Å². The number of carbonyl (C=O) groups excluding carboxylic acids is 1. The first-order valence-corrected chi connectivity index (χ1v) is 3.27. The largest absolute Gasteiger partial charge is 0.671 e. The van der Waals surface area contributed by atoms with E-state index in [2.05, 4.69) is 0 Å². The molecule has 0 aliphatic carbocycles. The molecule has 11 heavy (non-hydrogen) atoms. The molecule has 0 bridgehead atoms. The van der Waals surface area contributed by atoms with Crippen LogP contribution in [-0.4, -0.2) is 12.3 Å². The van der Waals surface area contributed by atoms with Gasteiger partial charge in [-0.3, -0.25) is 4.79 Å². The SMILES string of the molecule is [NH-]CC(=O)c1cccc(N)c1. The van der Waals surface area contributed by atoms with Crippen LogP contribution in [0.1, 0.15) is 10.4 Å². The summed E-state index contributed by atoms with van der Waals surface area (Å²) in [5.41, 5.74) is 13.3. The number of carbonyl (C=O) groups is 1. The van der Waals surface area contributed by atoms with Crippen molar-refractivity contribution in [1.82, 2.24) is 0 Å². The van der Waals surface area contributed by atoms with E-state index >= 15 is 0 Å². The monoisotopic (exact) mass is 149 g/mol. The molecule has 0 heterocycles. The van der Waals surface area contributed by atoms with Crippen molar-refractivity contribution < 1.29 is 4.79 Å². The topological polar surface area (TPSA) is 66.9 Å². The molecule has 0 saturated heterocycles. The summed E-state index contributed by atoms with van der Waals surface area (Å²) < 4.78 is 0. The summed E-state index contributed by atoms with van der Waals surface area (Å²) in [7, 11) is 0. The van der Waals surface area contributed by atoms with E-state index in [4.69, 9.17) is 11.5 Å². The van der Waals surface area contributed by atoms with Crippen LogP contribution in [0.15, 0.2) is 24.3 Å². The van der Waals surface area contributed by atoms with Crippen molar-refractivity contribution in [3.63, 3.8) is 0 Å². The maximum absolute atomic E-state index is 10.9. The third kappa shape index (κ3) is 1.78. The summed E-state index contributed by atoms with van der Waals surface area (Å²) in [6.45, 7) is -0.219. The van der Waals surface area contributed by atoms with Crippen LogP contribution in [0.25, 0.3) is 5.73 Å². The Labute approximate surface area is 65.0 Å². The van der Waals surface area contributed by atoms with Crippen LogP contribution in [0.4, 0.5) is 5.69 Å². The summed E-state index contributed by atoms with van der Waals surface area (Å²) in [6, 6.07) is 6.66. The van der Waals surface area contributed by atoms with Crippen LogP contribution in [0.3, 0.4) is 0 Å². The minimum Gasteiger partial charge on any atom is -0.671 e. The average Bonchev–Trinajstić information content (AvgIpc) is 2.03. The summed E-state index contributed by atoms with van der Waals surface area (Å²) in [6.07, 6.45) is 0. The van der Waals surface area contributed by atoms with Crippen LogP contribution in [0.2, 0.25) is 0 Å². The van der Waals surface area contributed by atoms with Gasteiger partial charge in [-0.25, -0.2) is 0 Å². The lowest BCUT2D eigenvalue weighted by atomic mass is 10.1. The first-order chi connectivity index (χ1) is 5.24. The number of anilines is 1. The normalized spacial score (nSPS) is 9.55. The highest BCUT2D eigenvalue weighted by atomic mass is 16.1. The molecule has 0 spiro atoms. The molecule has 0 radical (unpaired) electrons. The molecule has 0 aliphatic rings. The second kappa shape index (κ2) is 3.16. The zero-order valence-electron chi connectivity index (χ0n) is 6.00. The van der Waals surface area contributed by atoms with Crippen molar-refractivity contribution in [3.05, 3.63) is 35.6 Å². The maximum atomic E-state index is 10.9. The summed E-state index contributed by atoms with van der Waals surface area (Å²) in [5.74, 6) is -0.197. The van der Waals surface area contributed by atoms with Gasteiger partial charge in [0.15, 0.2) is 0 Å². The maximum Gasteiger partial charge on any atom is 0.142 e. The van der Waals surface area contributed by atoms with Crippen LogP contribution in [0, 0.1) is 0 Å². The van der Waals surface area contributed by atoms with E-state index in [1.54, 1.807) is 24.3 Å². The summed E-state index contributed by atoms with van der Waals surface area (Å²) in [4.78, 5) is 10.9. The molecule has 3 N–H and O–H groups in total. The van der Waals surface area contributed by atoms with Gasteiger partial charge in [-0.2, -0.15) is 0 Å². The first-order valence-electron chi connectivity index (χ1n) is 3.27. The Morgan fingerprint density at radius 3 is 2.82 bits per heavy atom. The number of hydrogen-bond donors (Lipinski definition) is 1. The standard InChI is InChI=1S/C8H9N2O/c9-5-8(11)6-2-1-3-7(10)4-6/h1-4,9H,5,10H2/q-1. The number of rotatable bonds is 2. The van der Waals surface area contributed by atoms with Crippen molar-refractivity contribution >= 4 is 11.5 Å². The highest BCUT2D eigenvalue weighted by Crippen LogP contribution is 2.06. The van der Waals surface area contributed by atoms with E-state index in [0.29, 0.717) is 11.3 Å². The van der Waals surface area contributed by atoms with Gasteiger partial charge in [0.25, 0.3) is 0 Å². The Hall–Kier alpha value is -1.35. The third-order valence-corrected chi connectivity index (χ3v) is 1.37. The van der Waals surface area contributed by atoms with Crippen molar-refractivity contribution in [2.75, 3.05) is 12.3 Å². The van der Waals surface area contributed by atoms with Crippen LogP contribution < -0.4 is 5.73 Å². The molecule has 58 valence electrons. The molecule has 3 nitrogen and oxygen atoms in total. The fraction of sp³-hybridized carbons (Fsp3) is 0.125. The minimum absolute atomic E-state index is 0.197. The molecule has 0 unspecified atom stereocenters. The lowest BCUT2D eigenvalue weighted by Crippen LogP contribution is -2.01. The predicted molar refractivity (Wildman–Crippen MR) is 44.4 cm³/mol. The van der Waals surface area contributed by atoms with E-state index < -0.39 is 0 Å². The van der Waals surface area contributed by atoms with Crippen molar-refractivity contribution in [2.45, 2.75) is 0 Å². The lowest BCUT2D eigenvalue weighted by Gasteiger charge is -2.01. The molecular formula is C8H9N2O-. The number of Topliss-reactive ketones (excluding diaryl/α,β-unsaturated/α-hetero) is 1. The molecular weight excluding hydrogens is 140 g/mol.